The van der Waals surface area contributed by atoms with Crippen LogP contribution in [0.15, 0.2) is 60.8 Å². The van der Waals surface area contributed by atoms with E-state index in [-0.39, 0.29) is 28.8 Å². The Morgan fingerprint density at radius 2 is 1.83 bits per heavy atom. The first-order valence-corrected chi connectivity index (χ1v) is 12.8. The van der Waals surface area contributed by atoms with Crippen molar-refractivity contribution in [3.05, 3.63) is 88.7 Å². The number of hydrogen-bond acceptors (Lipinski definition) is 4. The Morgan fingerprint density at radius 3 is 2.54 bits per heavy atom. The monoisotopic (exact) mass is 465 g/mol. The summed E-state index contributed by atoms with van der Waals surface area (Å²) in [6.07, 6.45) is 7.58. The number of rotatable bonds is 6. The van der Waals surface area contributed by atoms with Crippen LogP contribution in [-0.4, -0.2) is 29.8 Å². The van der Waals surface area contributed by atoms with Crippen molar-refractivity contribution in [3.63, 3.8) is 0 Å². The summed E-state index contributed by atoms with van der Waals surface area (Å²) in [5.41, 5.74) is 8.09. The molecule has 1 saturated heterocycles. The number of hydrogen-bond donors (Lipinski definition) is 0. The second-order valence-corrected chi connectivity index (χ2v) is 10.6. The van der Waals surface area contributed by atoms with Crippen LogP contribution in [0.4, 0.5) is 0 Å². The van der Waals surface area contributed by atoms with Gasteiger partial charge in [-0.3, -0.25) is 14.6 Å². The molecule has 0 N–H and O–H groups in total. The number of benzene rings is 2. The van der Waals surface area contributed by atoms with Crippen LogP contribution in [0.3, 0.4) is 0 Å². The Morgan fingerprint density at radius 1 is 1.00 bits per heavy atom. The molecule has 6 rings (SSSR count). The summed E-state index contributed by atoms with van der Waals surface area (Å²) in [6.45, 7) is 2.99. The van der Waals surface area contributed by atoms with Crippen LogP contribution in [-0.2, 0) is 21.4 Å². The van der Waals surface area contributed by atoms with E-state index in [1.165, 1.54) is 24.0 Å². The van der Waals surface area contributed by atoms with Crippen molar-refractivity contribution >= 4 is 11.6 Å². The third-order valence-electron chi connectivity index (χ3n) is 8.18. The minimum atomic E-state index is 0.0766. The Kier molecular flexibility index (Phi) is 5.64. The third kappa shape index (κ3) is 4.25. The van der Waals surface area contributed by atoms with Crippen LogP contribution in [0.25, 0.3) is 11.1 Å². The Bertz CT molecular complexity index is 1280. The van der Waals surface area contributed by atoms with E-state index in [1.807, 2.05) is 18.3 Å². The molecule has 0 amide bonds. The molecule has 2 aliphatic carbocycles. The average molecular weight is 466 g/mol. The van der Waals surface area contributed by atoms with E-state index < -0.39 is 0 Å². The fourth-order valence-electron chi connectivity index (χ4n) is 6.11. The second-order valence-electron chi connectivity index (χ2n) is 10.6. The molecular formula is C31H31NO3. The SMILES string of the molecule is CC(=O)Cc1cccc(-c2ccc(C3CC4(CC4)c4ccc(C(=O)C5CCOCC5)cc43)nc2)c1. The van der Waals surface area contributed by atoms with Crippen molar-refractivity contribution in [3.8, 4) is 11.1 Å². The topological polar surface area (TPSA) is 56.3 Å². The molecule has 0 radical (unpaired) electrons. The van der Waals surface area contributed by atoms with Crippen LogP contribution in [0.2, 0.25) is 0 Å². The first kappa shape index (κ1) is 22.4. The lowest BCUT2D eigenvalue weighted by atomic mass is 9.88. The highest BCUT2D eigenvalue weighted by atomic mass is 16.5. The van der Waals surface area contributed by atoms with E-state index in [1.54, 1.807) is 6.92 Å². The van der Waals surface area contributed by atoms with Crippen molar-refractivity contribution in [1.82, 2.24) is 4.98 Å². The minimum absolute atomic E-state index is 0.0766. The van der Waals surface area contributed by atoms with Gasteiger partial charge in [-0.05, 0) is 78.8 Å². The van der Waals surface area contributed by atoms with E-state index in [9.17, 15) is 9.59 Å². The maximum atomic E-state index is 13.2. The molecule has 0 bridgehead atoms. The second kappa shape index (κ2) is 8.83. The molecule has 1 atom stereocenters. The van der Waals surface area contributed by atoms with Gasteiger partial charge in [-0.2, -0.15) is 0 Å². The van der Waals surface area contributed by atoms with E-state index >= 15 is 0 Å². The molecule has 1 aliphatic heterocycles. The fourth-order valence-corrected chi connectivity index (χ4v) is 6.11. The molecule has 1 unspecified atom stereocenters. The van der Waals surface area contributed by atoms with E-state index in [0.29, 0.717) is 19.6 Å². The van der Waals surface area contributed by atoms with Crippen molar-refractivity contribution in [1.29, 1.82) is 0 Å². The smallest absolute Gasteiger partial charge is 0.166 e. The molecule has 35 heavy (non-hydrogen) atoms. The molecule has 3 aliphatic rings. The molecule has 3 aromatic rings. The van der Waals surface area contributed by atoms with Crippen molar-refractivity contribution in [2.45, 2.75) is 56.8 Å². The maximum Gasteiger partial charge on any atom is 0.166 e. The van der Waals surface area contributed by atoms with Crippen LogP contribution in [0, 0.1) is 5.92 Å². The number of nitrogens with zero attached hydrogens (tertiary/aromatic N) is 1. The van der Waals surface area contributed by atoms with Crippen LogP contribution >= 0.6 is 0 Å². The molecule has 2 heterocycles. The maximum absolute atomic E-state index is 13.2. The summed E-state index contributed by atoms with van der Waals surface area (Å²) in [5, 5.41) is 0. The zero-order chi connectivity index (χ0) is 24.0. The molecular weight excluding hydrogens is 434 g/mol. The van der Waals surface area contributed by atoms with Gasteiger partial charge in [-0.25, -0.2) is 0 Å². The number of carbonyl (C=O) groups is 2. The van der Waals surface area contributed by atoms with E-state index in [0.717, 1.165) is 47.2 Å². The van der Waals surface area contributed by atoms with Gasteiger partial charge in [-0.15, -0.1) is 0 Å². The predicted octanol–water partition coefficient (Wildman–Crippen LogP) is 6.06. The van der Waals surface area contributed by atoms with Crippen LogP contribution in [0.5, 0.6) is 0 Å². The molecule has 4 heteroatoms. The van der Waals surface area contributed by atoms with Gasteiger partial charge in [0.05, 0.1) is 0 Å². The number of carbonyl (C=O) groups excluding carboxylic acids is 2. The zero-order valence-electron chi connectivity index (χ0n) is 20.3. The van der Waals surface area contributed by atoms with Gasteiger partial charge in [0.15, 0.2) is 5.78 Å². The number of Topliss-reactive ketones (excluding diaryl/α,β-unsaturated/α-hetero) is 2. The van der Waals surface area contributed by atoms with Crippen LogP contribution < -0.4 is 0 Å². The van der Waals surface area contributed by atoms with Crippen LogP contribution in [0.1, 0.15) is 77.7 Å². The molecule has 4 nitrogen and oxygen atoms in total. The lowest BCUT2D eigenvalue weighted by Crippen LogP contribution is -2.23. The molecule has 1 saturated carbocycles. The third-order valence-corrected chi connectivity index (χ3v) is 8.18. The highest BCUT2D eigenvalue weighted by Crippen LogP contribution is 2.62. The summed E-state index contributed by atoms with van der Waals surface area (Å²) in [6, 6.07) is 18.9. The predicted molar refractivity (Wildman–Crippen MR) is 136 cm³/mol. The molecule has 1 aromatic heterocycles. The van der Waals surface area contributed by atoms with Gasteiger partial charge in [0.2, 0.25) is 0 Å². The number of ketones is 2. The number of aromatic nitrogens is 1. The van der Waals surface area contributed by atoms with Gasteiger partial charge in [0.1, 0.15) is 5.78 Å². The van der Waals surface area contributed by atoms with Gasteiger partial charge < -0.3 is 4.74 Å². The highest BCUT2D eigenvalue weighted by molar-refractivity contribution is 5.98. The quantitative estimate of drug-likeness (QED) is 0.416. The zero-order valence-corrected chi connectivity index (χ0v) is 20.3. The lowest BCUT2D eigenvalue weighted by Gasteiger charge is -2.21. The van der Waals surface area contributed by atoms with Gasteiger partial charge in [0, 0.05) is 54.5 Å². The Labute approximate surface area is 206 Å². The van der Waals surface area contributed by atoms with E-state index in [2.05, 4.69) is 42.5 Å². The molecule has 2 fully saturated rings. The summed E-state index contributed by atoms with van der Waals surface area (Å²) < 4.78 is 5.46. The first-order valence-electron chi connectivity index (χ1n) is 12.8. The van der Waals surface area contributed by atoms with Gasteiger partial charge in [0.25, 0.3) is 0 Å². The average Bonchev–Trinajstić information content (AvgIpc) is 3.60. The van der Waals surface area contributed by atoms with Gasteiger partial charge >= 0.3 is 0 Å². The summed E-state index contributed by atoms with van der Waals surface area (Å²) in [5.74, 6) is 0.736. The van der Waals surface area contributed by atoms with Crippen molar-refractivity contribution in [2.24, 2.45) is 5.92 Å². The number of fused-ring (bicyclic) bond motifs is 2. The molecule has 2 aromatic carbocycles. The van der Waals surface area contributed by atoms with Crippen molar-refractivity contribution < 1.29 is 14.3 Å². The Hall–Kier alpha value is -3.11. The lowest BCUT2D eigenvalue weighted by molar-refractivity contribution is -0.116. The summed E-state index contributed by atoms with van der Waals surface area (Å²) in [7, 11) is 0. The fraction of sp³-hybridized carbons (Fsp3) is 0.387. The number of ether oxygens (including phenoxy) is 1. The number of pyridine rings is 1. The highest BCUT2D eigenvalue weighted by Gasteiger charge is 2.52. The molecule has 178 valence electrons. The molecule has 1 spiro atoms. The summed E-state index contributed by atoms with van der Waals surface area (Å²) in [4.78, 5) is 29.7. The van der Waals surface area contributed by atoms with E-state index in [4.69, 9.17) is 9.72 Å². The van der Waals surface area contributed by atoms with Gasteiger partial charge in [-0.1, -0.05) is 42.5 Å². The Balaban J connectivity index is 1.29. The normalized spacial score (nSPS) is 20.5. The standard InChI is InChI=1S/C31H31NO3/c1-20(33)15-21-3-2-4-23(16-21)25-6-8-29(32-19-25)27-18-31(11-12-31)28-7-5-24(17-26(27)28)30(34)22-9-13-35-14-10-22/h2-8,16-17,19,22,27H,9-15,18H2,1H3. The first-order chi connectivity index (χ1) is 17.0. The van der Waals surface area contributed by atoms with Crippen molar-refractivity contribution in [2.75, 3.05) is 13.2 Å². The largest absolute Gasteiger partial charge is 0.381 e. The minimum Gasteiger partial charge on any atom is -0.381 e. The summed E-state index contributed by atoms with van der Waals surface area (Å²) >= 11 is 0.